The molecule has 34 heavy (non-hydrogen) atoms. The van der Waals surface area contributed by atoms with Crippen LogP contribution in [0.15, 0.2) is 66.7 Å². The Hall–Kier alpha value is -4.04. The van der Waals surface area contributed by atoms with Crippen molar-refractivity contribution in [3.63, 3.8) is 0 Å². The van der Waals surface area contributed by atoms with Crippen LogP contribution in [-0.4, -0.2) is 43.7 Å². The Bertz CT molecular complexity index is 1150. The highest BCUT2D eigenvalue weighted by atomic mass is 16.7. The van der Waals surface area contributed by atoms with Gasteiger partial charge in [0.15, 0.2) is 11.5 Å². The number of hydrogen-bond donors (Lipinski definition) is 2. The summed E-state index contributed by atoms with van der Waals surface area (Å²) in [6, 6.07) is 19.7. The van der Waals surface area contributed by atoms with Gasteiger partial charge >= 0.3 is 0 Å². The zero-order valence-corrected chi connectivity index (χ0v) is 19.2. The Morgan fingerprint density at radius 3 is 2.29 bits per heavy atom. The molecule has 1 heterocycles. The summed E-state index contributed by atoms with van der Waals surface area (Å²) in [5.74, 6) is 1.83. The second-order valence-electron chi connectivity index (χ2n) is 7.80. The van der Waals surface area contributed by atoms with Crippen LogP contribution in [0.25, 0.3) is 0 Å². The second kappa shape index (κ2) is 10.7. The first kappa shape index (κ1) is 23.1. The van der Waals surface area contributed by atoms with Crippen LogP contribution in [0.5, 0.6) is 17.2 Å². The summed E-state index contributed by atoms with van der Waals surface area (Å²) in [7, 11) is 1.59. The van der Waals surface area contributed by atoms with Crippen molar-refractivity contribution in [3.05, 3.63) is 77.9 Å². The number of carbonyl (C=O) groups is 2. The molecule has 0 bridgehead atoms. The Kier molecular flexibility index (Phi) is 7.29. The number of rotatable bonds is 9. The van der Waals surface area contributed by atoms with Crippen molar-refractivity contribution < 1.29 is 23.8 Å². The number of anilines is 2. The minimum Gasteiger partial charge on any atom is -0.497 e. The normalized spacial score (nSPS) is 11.9. The van der Waals surface area contributed by atoms with E-state index in [-0.39, 0.29) is 25.2 Å². The van der Waals surface area contributed by atoms with Gasteiger partial charge < -0.3 is 24.8 Å². The number of carbonyl (C=O) groups excluding carboxylic acids is 2. The van der Waals surface area contributed by atoms with Gasteiger partial charge in [-0.2, -0.15) is 0 Å². The van der Waals surface area contributed by atoms with E-state index < -0.39 is 0 Å². The maximum atomic E-state index is 12.6. The van der Waals surface area contributed by atoms with Gasteiger partial charge in [-0.05, 0) is 72.8 Å². The molecule has 176 valence electrons. The van der Waals surface area contributed by atoms with Crippen molar-refractivity contribution in [2.24, 2.45) is 0 Å². The zero-order chi connectivity index (χ0) is 23.9. The molecule has 0 aliphatic carbocycles. The standard InChI is InChI=1S/C26H27N3O5/c1-3-29(15-18-4-13-23-24(14-18)34-17-33-23)16-25(30)27-20-7-5-19(6-8-20)26(31)28-21-9-11-22(32-2)12-10-21/h4-14H,3,15-17H2,1-2H3,(H,27,30)(H,28,31). The molecule has 8 nitrogen and oxygen atoms in total. The quantitative estimate of drug-likeness (QED) is 0.498. The summed E-state index contributed by atoms with van der Waals surface area (Å²) >= 11 is 0. The topological polar surface area (TPSA) is 89.1 Å². The van der Waals surface area contributed by atoms with Crippen molar-refractivity contribution in [1.82, 2.24) is 4.90 Å². The van der Waals surface area contributed by atoms with E-state index in [2.05, 4.69) is 10.6 Å². The molecule has 2 N–H and O–H groups in total. The molecular formula is C26H27N3O5. The zero-order valence-electron chi connectivity index (χ0n) is 19.2. The SMILES string of the molecule is CCN(CC(=O)Nc1ccc(C(=O)Nc2ccc(OC)cc2)cc1)Cc1ccc2c(c1)OCO2. The Balaban J connectivity index is 1.29. The molecule has 0 radical (unpaired) electrons. The highest BCUT2D eigenvalue weighted by Gasteiger charge is 2.16. The van der Waals surface area contributed by atoms with Crippen molar-refractivity contribution in [2.75, 3.05) is 37.6 Å². The first-order chi connectivity index (χ1) is 16.5. The van der Waals surface area contributed by atoms with Crippen LogP contribution in [0.4, 0.5) is 11.4 Å². The fourth-order valence-electron chi connectivity index (χ4n) is 3.56. The number of ether oxygens (including phenoxy) is 3. The van der Waals surface area contributed by atoms with Gasteiger partial charge in [0.1, 0.15) is 5.75 Å². The lowest BCUT2D eigenvalue weighted by Crippen LogP contribution is -2.32. The Labute approximate surface area is 198 Å². The first-order valence-corrected chi connectivity index (χ1v) is 11.0. The average molecular weight is 462 g/mol. The van der Waals surface area contributed by atoms with Gasteiger partial charge in [-0.15, -0.1) is 0 Å². The maximum Gasteiger partial charge on any atom is 0.255 e. The molecule has 0 spiro atoms. The van der Waals surface area contributed by atoms with E-state index in [0.29, 0.717) is 30.0 Å². The molecule has 0 fully saturated rings. The number of nitrogens with one attached hydrogen (secondary N) is 2. The van der Waals surface area contributed by atoms with Crippen LogP contribution in [-0.2, 0) is 11.3 Å². The van der Waals surface area contributed by atoms with Gasteiger partial charge in [0.25, 0.3) is 5.91 Å². The lowest BCUT2D eigenvalue weighted by Gasteiger charge is -2.20. The molecular weight excluding hydrogens is 434 g/mol. The molecule has 0 aromatic heterocycles. The number of hydrogen-bond acceptors (Lipinski definition) is 6. The molecule has 0 saturated carbocycles. The number of fused-ring (bicyclic) bond motifs is 1. The van der Waals surface area contributed by atoms with Crippen LogP contribution in [0.2, 0.25) is 0 Å². The van der Waals surface area contributed by atoms with Crippen molar-refractivity contribution >= 4 is 23.2 Å². The number of benzene rings is 3. The minimum atomic E-state index is -0.232. The van der Waals surface area contributed by atoms with Crippen LogP contribution >= 0.6 is 0 Å². The third-order valence-electron chi connectivity index (χ3n) is 5.44. The molecule has 3 aromatic carbocycles. The number of nitrogens with zero attached hydrogens (tertiary/aromatic N) is 1. The summed E-state index contributed by atoms with van der Waals surface area (Å²) in [6.07, 6.45) is 0. The first-order valence-electron chi connectivity index (χ1n) is 11.0. The van der Waals surface area contributed by atoms with E-state index in [1.807, 2.05) is 30.0 Å². The van der Waals surface area contributed by atoms with E-state index in [4.69, 9.17) is 14.2 Å². The van der Waals surface area contributed by atoms with Crippen LogP contribution < -0.4 is 24.8 Å². The predicted molar refractivity (Wildman–Crippen MR) is 130 cm³/mol. The molecule has 0 unspecified atom stereocenters. The largest absolute Gasteiger partial charge is 0.497 e. The second-order valence-corrected chi connectivity index (χ2v) is 7.80. The molecule has 2 amide bonds. The molecule has 0 atom stereocenters. The summed E-state index contributed by atoms with van der Waals surface area (Å²) < 4.78 is 15.9. The fraction of sp³-hybridized carbons (Fsp3) is 0.231. The average Bonchev–Trinajstić information content (AvgIpc) is 3.32. The summed E-state index contributed by atoms with van der Waals surface area (Å²) in [6.45, 7) is 3.82. The van der Waals surface area contributed by atoms with Crippen molar-refractivity contribution in [2.45, 2.75) is 13.5 Å². The summed E-state index contributed by atoms with van der Waals surface area (Å²) in [5, 5.41) is 5.73. The van der Waals surface area contributed by atoms with Crippen LogP contribution in [0, 0.1) is 0 Å². The highest BCUT2D eigenvalue weighted by Crippen LogP contribution is 2.32. The molecule has 8 heteroatoms. The smallest absolute Gasteiger partial charge is 0.255 e. The van der Waals surface area contributed by atoms with Crippen molar-refractivity contribution in [1.29, 1.82) is 0 Å². The van der Waals surface area contributed by atoms with Crippen LogP contribution in [0.3, 0.4) is 0 Å². The molecule has 3 aromatic rings. The van der Waals surface area contributed by atoms with Gasteiger partial charge in [-0.3, -0.25) is 14.5 Å². The fourth-order valence-corrected chi connectivity index (χ4v) is 3.56. The van der Waals surface area contributed by atoms with E-state index in [9.17, 15) is 9.59 Å². The van der Waals surface area contributed by atoms with E-state index in [1.165, 1.54) is 0 Å². The molecule has 1 aliphatic heterocycles. The summed E-state index contributed by atoms with van der Waals surface area (Å²) in [4.78, 5) is 27.1. The lowest BCUT2D eigenvalue weighted by atomic mass is 10.1. The maximum absolute atomic E-state index is 12.6. The monoisotopic (exact) mass is 461 g/mol. The number of likely N-dealkylation sites (N-methyl/N-ethyl adjacent to an activating group) is 1. The van der Waals surface area contributed by atoms with E-state index in [0.717, 1.165) is 22.8 Å². The Morgan fingerprint density at radius 2 is 1.59 bits per heavy atom. The number of amides is 2. The molecule has 0 saturated heterocycles. The van der Waals surface area contributed by atoms with Gasteiger partial charge in [0.2, 0.25) is 12.7 Å². The van der Waals surface area contributed by atoms with Gasteiger partial charge in [-0.1, -0.05) is 13.0 Å². The van der Waals surface area contributed by atoms with Crippen molar-refractivity contribution in [3.8, 4) is 17.2 Å². The van der Waals surface area contributed by atoms with Gasteiger partial charge in [0.05, 0.1) is 13.7 Å². The van der Waals surface area contributed by atoms with E-state index in [1.54, 1.807) is 55.6 Å². The Morgan fingerprint density at radius 1 is 0.912 bits per heavy atom. The molecule has 4 rings (SSSR count). The van der Waals surface area contributed by atoms with Gasteiger partial charge in [-0.25, -0.2) is 0 Å². The lowest BCUT2D eigenvalue weighted by molar-refractivity contribution is -0.117. The minimum absolute atomic E-state index is 0.127. The van der Waals surface area contributed by atoms with E-state index >= 15 is 0 Å². The third-order valence-corrected chi connectivity index (χ3v) is 5.44. The highest BCUT2D eigenvalue weighted by molar-refractivity contribution is 6.04. The van der Waals surface area contributed by atoms with Gasteiger partial charge in [0, 0.05) is 23.5 Å². The van der Waals surface area contributed by atoms with Crippen LogP contribution in [0.1, 0.15) is 22.8 Å². The third kappa shape index (κ3) is 5.85. The predicted octanol–water partition coefficient (Wildman–Crippen LogP) is 4.14. The molecule has 1 aliphatic rings. The summed E-state index contributed by atoms with van der Waals surface area (Å²) in [5.41, 5.74) is 2.84. The number of methoxy groups -OCH3 is 1.